The summed E-state index contributed by atoms with van der Waals surface area (Å²) < 4.78 is 16.1. The first-order valence-electron chi connectivity index (χ1n) is 8.67. The monoisotopic (exact) mass is 387 g/mol. The molecular weight excluding hydrogens is 366 g/mol. The number of carbonyl (C=O) groups excluding carboxylic acids is 1. The summed E-state index contributed by atoms with van der Waals surface area (Å²) in [5.74, 6) is 1.20. The van der Waals surface area contributed by atoms with Gasteiger partial charge in [-0.05, 0) is 47.0 Å². The van der Waals surface area contributed by atoms with Crippen LogP contribution in [0.15, 0.2) is 48.5 Å². The van der Waals surface area contributed by atoms with Gasteiger partial charge >= 0.3 is 0 Å². The normalized spacial score (nSPS) is 17.4. The molecule has 1 aliphatic rings. The Kier molecular flexibility index (Phi) is 6.50. The van der Waals surface area contributed by atoms with E-state index in [1.54, 1.807) is 32.4 Å². The van der Waals surface area contributed by atoms with Gasteiger partial charge in [-0.2, -0.15) is 0 Å². The Hall–Kier alpha value is -2.34. The molecule has 3 rings (SSSR count). The molecule has 0 amide bonds. The maximum atomic E-state index is 12.8. The SMILES string of the molecule is COc1ccc(C(=CC(=O)C2COCCN2)c2ccc(Cl)cc2)cc1OC. The maximum absolute atomic E-state index is 12.8. The summed E-state index contributed by atoms with van der Waals surface area (Å²) in [6.07, 6.45) is 1.65. The number of nitrogens with one attached hydrogen (secondary N) is 1. The summed E-state index contributed by atoms with van der Waals surface area (Å²) >= 11 is 6.03. The molecular formula is C21H22ClNO4. The Morgan fingerprint density at radius 2 is 1.81 bits per heavy atom. The summed E-state index contributed by atoms with van der Waals surface area (Å²) in [4.78, 5) is 12.8. The van der Waals surface area contributed by atoms with Gasteiger partial charge in [-0.1, -0.05) is 29.8 Å². The Balaban J connectivity index is 2.03. The highest BCUT2D eigenvalue weighted by molar-refractivity contribution is 6.30. The summed E-state index contributed by atoms with van der Waals surface area (Å²) in [6, 6.07) is 12.6. The van der Waals surface area contributed by atoms with E-state index in [1.807, 2.05) is 30.3 Å². The molecule has 1 atom stereocenters. The summed E-state index contributed by atoms with van der Waals surface area (Å²) in [5, 5.41) is 3.83. The number of ketones is 1. The van der Waals surface area contributed by atoms with Gasteiger partial charge in [0.1, 0.15) is 0 Å². The quantitative estimate of drug-likeness (QED) is 0.770. The predicted molar refractivity (Wildman–Crippen MR) is 106 cm³/mol. The van der Waals surface area contributed by atoms with Gasteiger partial charge in [0.25, 0.3) is 0 Å². The van der Waals surface area contributed by atoms with Crippen molar-refractivity contribution in [2.24, 2.45) is 0 Å². The molecule has 6 heteroatoms. The van der Waals surface area contributed by atoms with Crippen LogP contribution in [-0.4, -0.2) is 45.8 Å². The maximum Gasteiger partial charge on any atom is 0.175 e. The Morgan fingerprint density at radius 1 is 1.11 bits per heavy atom. The number of rotatable bonds is 6. The predicted octanol–water partition coefficient (Wildman–Crippen LogP) is 3.35. The summed E-state index contributed by atoms with van der Waals surface area (Å²) in [6.45, 7) is 1.65. The van der Waals surface area contributed by atoms with E-state index >= 15 is 0 Å². The van der Waals surface area contributed by atoms with Gasteiger partial charge in [-0.15, -0.1) is 0 Å². The topological polar surface area (TPSA) is 56.8 Å². The van der Waals surface area contributed by atoms with Crippen molar-refractivity contribution in [1.29, 1.82) is 0 Å². The first-order chi connectivity index (χ1) is 13.1. The fourth-order valence-electron chi connectivity index (χ4n) is 2.96. The molecule has 142 valence electrons. The van der Waals surface area contributed by atoms with Crippen molar-refractivity contribution >= 4 is 23.0 Å². The highest BCUT2D eigenvalue weighted by Gasteiger charge is 2.21. The lowest BCUT2D eigenvalue weighted by Gasteiger charge is -2.22. The second kappa shape index (κ2) is 9.04. The lowest BCUT2D eigenvalue weighted by Crippen LogP contribution is -2.45. The van der Waals surface area contributed by atoms with Gasteiger partial charge in [0, 0.05) is 11.6 Å². The van der Waals surface area contributed by atoms with Crippen LogP contribution in [0.1, 0.15) is 11.1 Å². The first kappa shape index (κ1) is 19.4. The van der Waals surface area contributed by atoms with E-state index in [4.69, 9.17) is 25.8 Å². The minimum absolute atomic E-state index is 0.0329. The van der Waals surface area contributed by atoms with E-state index in [2.05, 4.69) is 5.32 Å². The number of benzene rings is 2. The van der Waals surface area contributed by atoms with E-state index in [0.29, 0.717) is 36.3 Å². The van der Waals surface area contributed by atoms with Crippen LogP contribution in [0.2, 0.25) is 5.02 Å². The molecule has 1 unspecified atom stereocenters. The molecule has 1 N–H and O–H groups in total. The molecule has 0 bridgehead atoms. The van der Waals surface area contributed by atoms with E-state index in [0.717, 1.165) is 16.7 Å². The van der Waals surface area contributed by atoms with Gasteiger partial charge in [0.15, 0.2) is 17.3 Å². The van der Waals surface area contributed by atoms with Crippen LogP contribution >= 0.6 is 11.6 Å². The van der Waals surface area contributed by atoms with Crippen LogP contribution in [0.4, 0.5) is 0 Å². The number of methoxy groups -OCH3 is 2. The van der Waals surface area contributed by atoms with E-state index in [-0.39, 0.29) is 11.8 Å². The number of ether oxygens (including phenoxy) is 3. The van der Waals surface area contributed by atoms with Crippen LogP contribution < -0.4 is 14.8 Å². The van der Waals surface area contributed by atoms with Crippen molar-refractivity contribution in [3.63, 3.8) is 0 Å². The van der Waals surface area contributed by atoms with Crippen molar-refractivity contribution in [2.45, 2.75) is 6.04 Å². The van der Waals surface area contributed by atoms with Crippen LogP contribution in [0.3, 0.4) is 0 Å². The number of carbonyl (C=O) groups is 1. The zero-order valence-electron chi connectivity index (χ0n) is 15.3. The molecule has 0 radical (unpaired) electrons. The molecule has 1 saturated heterocycles. The largest absolute Gasteiger partial charge is 0.493 e. The molecule has 0 aromatic heterocycles. The van der Waals surface area contributed by atoms with Crippen LogP contribution in [-0.2, 0) is 9.53 Å². The number of halogens is 1. The number of morpholine rings is 1. The smallest absolute Gasteiger partial charge is 0.175 e. The fourth-order valence-corrected chi connectivity index (χ4v) is 3.08. The minimum Gasteiger partial charge on any atom is -0.493 e. The third-order valence-corrected chi connectivity index (χ3v) is 4.65. The zero-order valence-corrected chi connectivity index (χ0v) is 16.1. The van der Waals surface area contributed by atoms with Gasteiger partial charge in [-0.3, -0.25) is 4.79 Å². The molecule has 0 spiro atoms. The third kappa shape index (κ3) is 4.69. The zero-order chi connectivity index (χ0) is 19.2. The molecule has 5 nitrogen and oxygen atoms in total. The highest BCUT2D eigenvalue weighted by atomic mass is 35.5. The molecule has 1 fully saturated rings. The molecule has 1 heterocycles. The second-order valence-corrected chi connectivity index (χ2v) is 6.56. The fraction of sp³-hybridized carbons (Fsp3) is 0.286. The average Bonchev–Trinajstić information content (AvgIpc) is 2.72. The standard InChI is InChI=1S/C21H22ClNO4/c1-25-20-8-5-15(11-21(20)26-2)17(14-3-6-16(22)7-4-14)12-19(24)18-13-27-10-9-23-18/h3-8,11-12,18,23H,9-10,13H2,1-2H3. The van der Waals surface area contributed by atoms with Crippen LogP contribution in [0.5, 0.6) is 11.5 Å². The van der Waals surface area contributed by atoms with Crippen LogP contribution in [0, 0.1) is 0 Å². The number of hydrogen-bond donors (Lipinski definition) is 1. The van der Waals surface area contributed by atoms with Crippen molar-refractivity contribution < 1.29 is 19.0 Å². The van der Waals surface area contributed by atoms with Crippen LogP contribution in [0.25, 0.3) is 5.57 Å². The molecule has 1 aliphatic heterocycles. The van der Waals surface area contributed by atoms with Crippen molar-refractivity contribution in [3.05, 3.63) is 64.7 Å². The second-order valence-electron chi connectivity index (χ2n) is 6.12. The minimum atomic E-state index is -0.346. The highest BCUT2D eigenvalue weighted by Crippen LogP contribution is 2.33. The first-order valence-corrected chi connectivity index (χ1v) is 9.05. The average molecular weight is 388 g/mol. The van der Waals surface area contributed by atoms with Crippen molar-refractivity contribution in [3.8, 4) is 11.5 Å². The van der Waals surface area contributed by atoms with E-state index in [9.17, 15) is 4.79 Å². The van der Waals surface area contributed by atoms with Gasteiger partial charge < -0.3 is 19.5 Å². The Labute approximate surface area is 163 Å². The third-order valence-electron chi connectivity index (χ3n) is 4.40. The van der Waals surface area contributed by atoms with E-state index < -0.39 is 0 Å². The molecule has 0 aliphatic carbocycles. The summed E-state index contributed by atoms with van der Waals surface area (Å²) in [5.41, 5.74) is 2.52. The number of hydrogen-bond acceptors (Lipinski definition) is 5. The Morgan fingerprint density at radius 3 is 2.44 bits per heavy atom. The molecule has 2 aromatic carbocycles. The lowest BCUT2D eigenvalue weighted by molar-refractivity contribution is -0.119. The van der Waals surface area contributed by atoms with Crippen molar-refractivity contribution in [1.82, 2.24) is 5.32 Å². The lowest BCUT2D eigenvalue weighted by atomic mass is 9.95. The van der Waals surface area contributed by atoms with Gasteiger partial charge in [-0.25, -0.2) is 0 Å². The van der Waals surface area contributed by atoms with E-state index in [1.165, 1.54) is 0 Å². The van der Waals surface area contributed by atoms with Crippen molar-refractivity contribution in [2.75, 3.05) is 34.0 Å². The summed E-state index contributed by atoms with van der Waals surface area (Å²) in [7, 11) is 3.17. The van der Waals surface area contributed by atoms with Gasteiger partial charge in [0.05, 0.1) is 33.5 Å². The molecule has 27 heavy (non-hydrogen) atoms. The molecule has 0 saturated carbocycles. The molecule has 2 aromatic rings. The Bertz CT molecular complexity index is 827. The van der Waals surface area contributed by atoms with Gasteiger partial charge in [0.2, 0.25) is 0 Å².